The molecule has 1 N–H and O–H groups in total. The van der Waals surface area contributed by atoms with Crippen LogP contribution in [0.25, 0.3) is 0 Å². The van der Waals surface area contributed by atoms with Crippen LogP contribution in [-0.4, -0.2) is 29.3 Å². The Balaban J connectivity index is 1.58. The Labute approximate surface area is 148 Å². The van der Waals surface area contributed by atoms with Crippen molar-refractivity contribution in [2.45, 2.75) is 64.0 Å². The number of amides is 2. The number of hydrogen-bond acceptors (Lipinski definition) is 2. The quantitative estimate of drug-likeness (QED) is 0.850. The molecule has 1 atom stereocenters. The second-order valence-electron chi connectivity index (χ2n) is 7.30. The van der Waals surface area contributed by atoms with Gasteiger partial charge in [-0.2, -0.15) is 0 Å². The van der Waals surface area contributed by atoms with E-state index in [2.05, 4.69) is 5.32 Å². The molecule has 0 unspecified atom stereocenters. The first-order valence-electron chi connectivity index (χ1n) is 9.45. The van der Waals surface area contributed by atoms with Crippen LogP contribution in [0.4, 0.5) is 4.39 Å². The molecule has 5 heteroatoms. The van der Waals surface area contributed by atoms with Gasteiger partial charge < -0.3 is 10.2 Å². The monoisotopic (exact) mass is 346 g/mol. The maximum absolute atomic E-state index is 13.9. The van der Waals surface area contributed by atoms with Crippen molar-refractivity contribution < 1.29 is 14.0 Å². The molecule has 0 spiro atoms. The molecule has 0 radical (unpaired) electrons. The van der Waals surface area contributed by atoms with E-state index in [9.17, 15) is 14.0 Å². The predicted octanol–water partition coefficient (Wildman–Crippen LogP) is 3.40. The molecule has 1 saturated heterocycles. The molecular weight excluding hydrogens is 319 g/mol. The lowest BCUT2D eigenvalue weighted by Gasteiger charge is -2.33. The van der Waals surface area contributed by atoms with Gasteiger partial charge in [0.15, 0.2) is 0 Å². The number of benzene rings is 1. The molecule has 2 amide bonds. The molecule has 4 nitrogen and oxygen atoms in total. The molecule has 1 heterocycles. The molecule has 1 aliphatic heterocycles. The third-order valence-electron chi connectivity index (χ3n) is 5.39. The number of hydrogen-bond donors (Lipinski definition) is 1. The van der Waals surface area contributed by atoms with E-state index in [1.54, 1.807) is 23.1 Å². The molecule has 1 aromatic rings. The summed E-state index contributed by atoms with van der Waals surface area (Å²) in [6, 6.07) is 6.77. The summed E-state index contributed by atoms with van der Waals surface area (Å²) in [5.41, 5.74) is 0.501. The summed E-state index contributed by atoms with van der Waals surface area (Å²) in [4.78, 5) is 26.4. The summed E-state index contributed by atoms with van der Waals surface area (Å²) in [6.07, 6.45) is 7.90. The Morgan fingerprint density at radius 1 is 1.12 bits per heavy atom. The van der Waals surface area contributed by atoms with Gasteiger partial charge >= 0.3 is 0 Å². The van der Waals surface area contributed by atoms with E-state index in [1.165, 1.54) is 31.7 Å². The number of likely N-dealkylation sites (tertiary alicyclic amines) is 1. The van der Waals surface area contributed by atoms with Crippen LogP contribution in [-0.2, 0) is 16.1 Å². The lowest BCUT2D eigenvalue weighted by Crippen LogP contribution is -2.47. The molecule has 1 aliphatic carbocycles. The third-order valence-corrected chi connectivity index (χ3v) is 5.39. The number of carbonyl (C=O) groups excluding carboxylic acids is 2. The Morgan fingerprint density at radius 2 is 1.84 bits per heavy atom. The van der Waals surface area contributed by atoms with Gasteiger partial charge in [-0.15, -0.1) is 0 Å². The largest absolute Gasteiger partial charge is 0.353 e. The van der Waals surface area contributed by atoms with Crippen LogP contribution in [0.15, 0.2) is 24.3 Å². The zero-order chi connectivity index (χ0) is 17.6. The molecule has 3 rings (SSSR count). The fraction of sp³-hybridized carbons (Fsp3) is 0.600. The SMILES string of the molecule is O=C(NC1CCCCCC1)[C@H]1CCC(=O)N(Cc2ccccc2F)C1. The van der Waals surface area contributed by atoms with E-state index in [4.69, 9.17) is 0 Å². The summed E-state index contributed by atoms with van der Waals surface area (Å²) in [5.74, 6) is -0.437. The van der Waals surface area contributed by atoms with Gasteiger partial charge in [-0.25, -0.2) is 4.39 Å². The van der Waals surface area contributed by atoms with E-state index in [0.29, 0.717) is 24.9 Å². The van der Waals surface area contributed by atoms with Crippen LogP contribution in [0.5, 0.6) is 0 Å². The topological polar surface area (TPSA) is 49.4 Å². The lowest BCUT2D eigenvalue weighted by molar-refractivity contribution is -0.139. The highest BCUT2D eigenvalue weighted by molar-refractivity contribution is 5.84. The normalized spacial score (nSPS) is 22.5. The van der Waals surface area contributed by atoms with Crippen LogP contribution < -0.4 is 5.32 Å². The van der Waals surface area contributed by atoms with Gasteiger partial charge in [0.1, 0.15) is 5.82 Å². The van der Waals surface area contributed by atoms with Crippen LogP contribution in [0.1, 0.15) is 56.9 Å². The van der Waals surface area contributed by atoms with E-state index in [-0.39, 0.29) is 36.1 Å². The van der Waals surface area contributed by atoms with Crippen molar-refractivity contribution >= 4 is 11.8 Å². The van der Waals surface area contributed by atoms with Crippen molar-refractivity contribution in [3.8, 4) is 0 Å². The fourth-order valence-corrected chi connectivity index (χ4v) is 3.86. The number of piperidine rings is 1. The number of carbonyl (C=O) groups is 2. The van der Waals surface area contributed by atoms with Gasteiger partial charge in [-0.3, -0.25) is 9.59 Å². The van der Waals surface area contributed by atoms with Crippen LogP contribution in [0.2, 0.25) is 0 Å². The van der Waals surface area contributed by atoms with Crippen LogP contribution >= 0.6 is 0 Å². The highest BCUT2D eigenvalue weighted by Gasteiger charge is 2.31. The lowest BCUT2D eigenvalue weighted by atomic mass is 9.95. The predicted molar refractivity (Wildman–Crippen MR) is 94.2 cm³/mol. The molecule has 25 heavy (non-hydrogen) atoms. The van der Waals surface area contributed by atoms with E-state index in [0.717, 1.165) is 12.8 Å². The van der Waals surface area contributed by atoms with E-state index in [1.807, 2.05) is 0 Å². The third kappa shape index (κ3) is 4.80. The second kappa shape index (κ2) is 8.45. The maximum atomic E-state index is 13.9. The minimum absolute atomic E-state index is 0.00164. The van der Waals surface area contributed by atoms with Crippen molar-refractivity contribution in [2.24, 2.45) is 5.92 Å². The average Bonchev–Trinajstić information content (AvgIpc) is 2.87. The smallest absolute Gasteiger partial charge is 0.225 e. The van der Waals surface area contributed by atoms with Gasteiger partial charge in [-0.05, 0) is 25.3 Å². The van der Waals surface area contributed by atoms with Crippen molar-refractivity contribution in [1.82, 2.24) is 10.2 Å². The summed E-state index contributed by atoms with van der Waals surface area (Å²) in [7, 11) is 0. The second-order valence-corrected chi connectivity index (χ2v) is 7.30. The Morgan fingerprint density at radius 3 is 2.56 bits per heavy atom. The minimum Gasteiger partial charge on any atom is -0.353 e. The standard InChI is InChI=1S/C20H27FN2O2/c21-18-10-6-5-7-15(18)13-23-14-16(11-12-19(23)24)20(25)22-17-8-3-1-2-4-9-17/h5-7,10,16-17H,1-4,8-9,11-14H2,(H,22,25)/t16-/m0/s1. The van der Waals surface area contributed by atoms with Crippen molar-refractivity contribution in [3.63, 3.8) is 0 Å². The Bertz CT molecular complexity index is 611. The fourth-order valence-electron chi connectivity index (χ4n) is 3.86. The number of nitrogens with one attached hydrogen (secondary N) is 1. The molecule has 136 valence electrons. The zero-order valence-electron chi connectivity index (χ0n) is 14.7. The van der Waals surface area contributed by atoms with Gasteiger partial charge in [0.2, 0.25) is 11.8 Å². The van der Waals surface area contributed by atoms with Crippen molar-refractivity contribution in [2.75, 3.05) is 6.54 Å². The molecule has 2 aliphatic rings. The first-order valence-corrected chi connectivity index (χ1v) is 9.45. The summed E-state index contributed by atoms with van der Waals surface area (Å²) < 4.78 is 13.9. The number of halogens is 1. The first kappa shape index (κ1) is 17.9. The number of rotatable bonds is 4. The molecule has 2 fully saturated rings. The average molecular weight is 346 g/mol. The van der Waals surface area contributed by atoms with E-state index >= 15 is 0 Å². The van der Waals surface area contributed by atoms with Gasteiger partial charge in [0, 0.05) is 31.1 Å². The highest BCUT2D eigenvalue weighted by atomic mass is 19.1. The highest BCUT2D eigenvalue weighted by Crippen LogP contribution is 2.23. The van der Waals surface area contributed by atoms with Gasteiger partial charge in [0.25, 0.3) is 0 Å². The zero-order valence-corrected chi connectivity index (χ0v) is 14.7. The molecular formula is C20H27FN2O2. The van der Waals surface area contributed by atoms with Crippen molar-refractivity contribution in [3.05, 3.63) is 35.6 Å². The van der Waals surface area contributed by atoms with Crippen LogP contribution in [0, 0.1) is 11.7 Å². The summed E-state index contributed by atoms with van der Waals surface area (Å²) >= 11 is 0. The van der Waals surface area contributed by atoms with Gasteiger partial charge in [-0.1, -0.05) is 43.9 Å². The molecule has 1 aromatic carbocycles. The summed E-state index contributed by atoms with van der Waals surface area (Å²) in [5, 5.41) is 3.19. The molecule has 0 aromatic heterocycles. The Kier molecular flexibility index (Phi) is 6.05. The Hall–Kier alpha value is -1.91. The van der Waals surface area contributed by atoms with Crippen molar-refractivity contribution in [1.29, 1.82) is 0 Å². The first-order chi connectivity index (χ1) is 12.1. The maximum Gasteiger partial charge on any atom is 0.225 e. The summed E-state index contributed by atoms with van der Waals surface area (Å²) in [6.45, 7) is 0.616. The molecule has 1 saturated carbocycles. The molecule has 0 bridgehead atoms. The van der Waals surface area contributed by atoms with E-state index < -0.39 is 0 Å². The minimum atomic E-state index is -0.305. The van der Waals surface area contributed by atoms with Crippen LogP contribution in [0.3, 0.4) is 0 Å². The number of nitrogens with zero attached hydrogens (tertiary/aromatic N) is 1. The van der Waals surface area contributed by atoms with Gasteiger partial charge in [0.05, 0.1) is 5.92 Å².